The van der Waals surface area contributed by atoms with E-state index in [1.165, 1.54) is 5.56 Å². The number of benzene rings is 3. The van der Waals surface area contributed by atoms with E-state index in [1.807, 2.05) is 54.6 Å². The van der Waals surface area contributed by atoms with Crippen molar-refractivity contribution in [2.24, 2.45) is 5.73 Å². The van der Waals surface area contributed by atoms with Crippen LogP contribution in [0.4, 0.5) is 0 Å². The summed E-state index contributed by atoms with van der Waals surface area (Å²) in [5.74, 6) is 0.812. The van der Waals surface area contributed by atoms with Gasteiger partial charge in [0.15, 0.2) is 0 Å². The van der Waals surface area contributed by atoms with Crippen molar-refractivity contribution in [1.82, 2.24) is 9.97 Å². The Morgan fingerprint density at radius 3 is 1.88 bits per heavy atom. The topological polar surface area (TPSA) is 54.7 Å². The van der Waals surface area contributed by atoms with Gasteiger partial charge in [0.25, 0.3) is 0 Å². The number of hydrogen-bond donors (Lipinski definition) is 2. The summed E-state index contributed by atoms with van der Waals surface area (Å²) in [6, 6.07) is 30.6. The van der Waals surface area contributed by atoms with Crippen LogP contribution < -0.4 is 5.73 Å². The number of nitrogens with zero attached hydrogens (tertiary/aromatic N) is 1. The molecule has 4 aromatic rings. The van der Waals surface area contributed by atoms with Crippen LogP contribution in [0.1, 0.15) is 17.4 Å². The molecule has 0 aliphatic heterocycles. The first-order chi connectivity index (χ1) is 12.8. The van der Waals surface area contributed by atoms with Gasteiger partial charge in [0.1, 0.15) is 5.82 Å². The predicted octanol–water partition coefficient (Wildman–Crippen LogP) is 4.99. The molecule has 4 rings (SSSR count). The van der Waals surface area contributed by atoms with E-state index in [4.69, 9.17) is 10.7 Å². The lowest BCUT2D eigenvalue weighted by Gasteiger charge is -2.08. The van der Waals surface area contributed by atoms with Gasteiger partial charge in [-0.1, -0.05) is 91.0 Å². The van der Waals surface area contributed by atoms with Crippen LogP contribution in [0.15, 0.2) is 91.0 Å². The van der Waals surface area contributed by atoms with Gasteiger partial charge in [0, 0.05) is 11.1 Å². The smallest absolute Gasteiger partial charge is 0.124 e. The van der Waals surface area contributed by atoms with Crippen LogP contribution in [-0.4, -0.2) is 9.97 Å². The third-order valence-electron chi connectivity index (χ3n) is 4.48. The number of hydrogen-bond acceptors (Lipinski definition) is 2. The van der Waals surface area contributed by atoms with Gasteiger partial charge in [-0.05, 0) is 12.0 Å². The van der Waals surface area contributed by atoms with Crippen LogP contribution >= 0.6 is 0 Å². The van der Waals surface area contributed by atoms with E-state index in [-0.39, 0.29) is 6.04 Å². The molecule has 0 aliphatic rings. The average Bonchev–Trinajstić information content (AvgIpc) is 3.16. The first-order valence-corrected chi connectivity index (χ1v) is 8.81. The molecule has 1 aromatic heterocycles. The lowest BCUT2D eigenvalue weighted by atomic mass is 10.1. The van der Waals surface area contributed by atoms with E-state index >= 15 is 0 Å². The summed E-state index contributed by atoms with van der Waals surface area (Å²) < 4.78 is 0. The number of imidazole rings is 1. The maximum Gasteiger partial charge on any atom is 0.124 e. The molecule has 128 valence electrons. The zero-order valence-electron chi connectivity index (χ0n) is 14.5. The van der Waals surface area contributed by atoms with Crippen LogP contribution in [0.2, 0.25) is 0 Å². The highest BCUT2D eigenvalue weighted by atomic mass is 15.0. The Kier molecular flexibility index (Phi) is 4.63. The Labute approximate surface area is 153 Å². The Morgan fingerprint density at radius 1 is 0.731 bits per heavy atom. The predicted molar refractivity (Wildman–Crippen MR) is 107 cm³/mol. The number of aromatic nitrogens is 2. The van der Waals surface area contributed by atoms with Crippen molar-refractivity contribution in [1.29, 1.82) is 0 Å². The van der Waals surface area contributed by atoms with Gasteiger partial charge in [-0.2, -0.15) is 0 Å². The fourth-order valence-corrected chi connectivity index (χ4v) is 3.15. The van der Waals surface area contributed by atoms with Gasteiger partial charge in [0.05, 0.1) is 17.4 Å². The molecule has 0 aliphatic carbocycles. The summed E-state index contributed by atoms with van der Waals surface area (Å²) in [5, 5.41) is 0. The van der Waals surface area contributed by atoms with Crippen molar-refractivity contribution < 1.29 is 0 Å². The Balaban J connectivity index is 1.74. The number of H-pyrrole nitrogens is 1. The largest absolute Gasteiger partial charge is 0.340 e. The quantitative estimate of drug-likeness (QED) is 0.538. The molecule has 0 spiro atoms. The molecule has 1 unspecified atom stereocenters. The Morgan fingerprint density at radius 2 is 1.27 bits per heavy atom. The van der Waals surface area contributed by atoms with Crippen molar-refractivity contribution in [3.05, 3.63) is 102 Å². The number of aromatic amines is 1. The molecule has 3 aromatic carbocycles. The lowest BCUT2D eigenvalue weighted by molar-refractivity contribution is 0.678. The Hall–Kier alpha value is -3.17. The van der Waals surface area contributed by atoms with Gasteiger partial charge < -0.3 is 10.7 Å². The summed E-state index contributed by atoms with van der Waals surface area (Å²) >= 11 is 0. The molecule has 0 bridgehead atoms. The number of rotatable bonds is 5. The van der Waals surface area contributed by atoms with Gasteiger partial charge in [-0.15, -0.1) is 0 Å². The van der Waals surface area contributed by atoms with E-state index in [9.17, 15) is 0 Å². The molecule has 1 heterocycles. The molecule has 0 fully saturated rings. The van der Waals surface area contributed by atoms with E-state index < -0.39 is 0 Å². The molecule has 0 saturated carbocycles. The molecule has 0 radical (unpaired) electrons. The van der Waals surface area contributed by atoms with Gasteiger partial charge in [-0.3, -0.25) is 0 Å². The van der Waals surface area contributed by atoms with Crippen molar-refractivity contribution >= 4 is 0 Å². The fourth-order valence-electron chi connectivity index (χ4n) is 3.15. The third-order valence-corrected chi connectivity index (χ3v) is 4.48. The maximum absolute atomic E-state index is 6.47. The van der Waals surface area contributed by atoms with Gasteiger partial charge in [-0.25, -0.2) is 4.98 Å². The normalized spacial score (nSPS) is 12.0. The molecule has 1 atom stereocenters. The summed E-state index contributed by atoms with van der Waals surface area (Å²) in [4.78, 5) is 8.35. The van der Waals surface area contributed by atoms with E-state index in [0.29, 0.717) is 0 Å². The first kappa shape index (κ1) is 16.3. The minimum absolute atomic E-state index is 0.183. The van der Waals surface area contributed by atoms with Gasteiger partial charge >= 0.3 is 0 Å². The number of nitrogens with two attached hydrogens (primary N) is 1. The van der Waals surface area contributed by atoms with Crippen molar-refractivity contribution in [2.75, 3.05) is 0 Å². The van der Waals surface area contributed by atoms with Crippen LogP contribution in [0, 0.1) is 0 Å². The van der Waals surface area contributed by atoms with Crippen LogP contribution in [0.25, 0.3) is 22.5 Å². The molecule has 26 heavy (non-hydrogen) atoms. The Bertz CT molecular complexity index is 903. The molecule has 3 nitrogen and oxygen atoms in total. The summed E-state index contributed by atoms with van der Waals surface area (Å²) in [6.45, 7) is 0. The summed E-state index contributed by atoms with van der Waals surface area (Å²) in [7, 11) is 0. The first-order valence-electron chi connectivity index (χ1n) is 8.81. The molecule has 0 saturated heterocycles. The second-order valence-corrected chi connectivity index (χ2v) is 6.37. The minimum atomic E-state index is -0.183. The van der Waals surface area contributed by atoms with E-state index in [1.54, 1.807) is 0 Å². The second kappa shape index (κ2) is 7.38. The minimum Gasteiger partial charge on any atom is -0.340 e. The van der Waals surface area contributed by atoms with Crippen molar-refractivity contribution in [3.63, 3.8) is 0 Å². The third kappa shape index (κ3) is 3.44. The monoisotopic (exact) mass is 339 g/mol. The SMILES string of the molecule is NC(Cc1ccccc1)c1nc(-c2ccccc2)c(-c2ccccc2)[nH]1. The van der Waals surface area contributed by atoms with E-state index in [0.717, 1.165) is 34.8 Å². The highest BCUT2D eigenvalue weighted by molar-refractivity contribution is 5.78. The summed E-state index contributed by atoms with van der Waals surface area (Å²) in [6.07, 6.45) is 0.747. The summed E-state index contributed by atoms with van der Waals surface area (Å²) in [5.41, 5.74) is 11.8. The molecular formula is C23H21N3. The molecule has 0 amide bonds. The van der Waals surface area contributed by atoms with Crippen LogP contribution in [-0.2, 0) is 6.42 Å². The standard InChI is InChI=1S/C23H21N3/c24-20(16-17-10-4-1-5-11-17)23-25-21(18-12-6-2-7-13-18)22(26-23)19-14-8-3-9-15-19/h1-15,20H,16,24H2,(H,25,26). The highest BCUT2D eigenvalue weighted by Gasteiger charge is 2.18. The zero-order valence-corrected chi connectivity index (χ0v) is 14.5. The second-order valence-electron chi connectivity index (χ2n) is 6.37. The van der Waals surface area contributed by atoms with Crippen LogP contribution in [0.5, 0.6) is 0 Å². The zero-order chi connectivity index (χ0) is 17.8. The highest BCUT2D eigenvalue weighted by Crippen LogP contribution is 2.31. The van der Waals surface area contributed by atoms with Crippen molar-refractivity contribution in [2.45, 2.75) is 12.5 Å². The maximum atomic E-state index is 6.47. The molecule has 3 N–H and O–H groups in total. The van der Waals surface area contributed by atoms with Crippen LogP contribution in [0.3, 0.4) is 0 Å². The lowest BCUT2D eigenvalue weighted by Crippen LogP contribution is -2.15. The van der Waals surface area contributed by atoms with E-state index in [2.05, 4.69) is 41.4 Å². The fraction of sp³-hybridized carbons (Fsp3) is 0.0870. The van der Waals surface area contributed by atoms with Crippen molar-refractivity contribution in [3.8, 4) is 22.5 Å². The number of nitrogens with one attached hydrogen (secondary N) is 1. The average molecular weight is 339 g/mol. The van der Waals surface area contributed by atoms with Gasteiger partial charge in [0.2, 0.25) is 0 Å². The molecule has 3 heteroatoms. The molecular weight excluding hydrogens is 318 g/mol.